The van der Waals surface area contributed by atoms with Gasteiger partial charge in [-0.15, -0.1) is 0 Å². The monoisotopic (exact) mass is 374 g/mol. The smallest absolute Gasteiger partial charge is 0.130 e. The molecule has 4 rings (SSSR count). The van der Waals surface area contributed by atoms with Gasteiger partial charge >= 0.3 is 0 Å². The van der Waals surface area contributed by atoms with Gasteiger partial charge < -0.3 is 4.90 Å². The summed E-state index contributed by atoms with van der Waals surface area (Å²) in [6.45, 7) is 6.25. The van der Waals surface area contributed by atoms with Gasteiger partial charge in [0.2, 0.25) is 0 Å². The SMILES string of the molecule is CC1(C)C[C@@H]2CN(Cc3c(F)cccc3F)CC[C@@H]2N1c1cccc(F)c1. The Labute approximate surface area is 158 Å². The summed E-state index contributed by atoms with van der Waals surface area (Å²) in [7, 11) is 0. The average Bonchev–Trinajstić information content (AvgIpc) is 2.87. The number of anilines is 1. The van der Waals surface area contributed by atoms with Crippen LogP contribution in [0.15, 0.2) is 42.5 Å². The number of hydrogen-bond donors (Lipinski definition) is 0. The molecule has 144 valence electrons. The summed E-state index contributed by atoms with van der Waals surface area (Å²) >= 11 is 0. The van der Waals surface area contributed by atoms with E-state index in [0.29, 0.717) is 18.5 Å². The van der Waals surface area contributed by atoms with Crippen molar-refractivity contribution >= 4 is 5.69 Å². The van der Waals surface area contributed by atoms with Crippen LogP contribution in [0.4, 0.5) is 18.9 Å². The molecule has 2 aliphatic rings. The molecule has 2 fully saturated rings. The van der Waals surface area contributed by atoms with Gasteiger partial charge in [-0.05, 0) is 62.9 Å². The Morgan fingerprint density at radius 1 is 1.04 bits per heavy atom. The summed E-state index contributed by atoms with van der Waals surface area (Å²) in [5.41, 5.74) is 0.985. The van der Waals surface area contributed by atoms with Crippen molar-refractivity contribution in [1.29, 1.82) is 0 Å². The molecule has 2 atom stereocenters. The first-order valence-corrected chi connectivity index (χ1v) is 9.55. The van der Waals surface area contributed by atoms with Crippen molar-refractivity contribution in [3.63, 3.8) is 0 Å². The number of piperidine rings is 1. The molecule has 0 amide bonds. The van der Waals surface area contributed by atoms with Gasteiger partial charge in [0.15, 0.2) is 0 Å². The van der Waals surface area contributed by atoms with Crippen molar-refractivity contribution in [3.05, 3.63) is 65.5 Å². The fourth-order valence-electron chi connectivity index (χ4n) is 5.04. The fourth-order valence-corrected chi connectivity index (χ4v) is 5.04. The quantitative estimate of drug-likeness (QED) is 0.747. The van der Waals surface area contributed by atoms with Crippen LogP contribution in [-0.4, -0.2) is 29.6 Å². The first-order chi connectivity index (χ1) is 12.8. The van der Waals surface area contributed by atoms with Crippen LogP contribution >= 0.6 is 0 Å². The molecule has 0 saturated carbocycles. The third-order valence-corrected chi connectivity index (χ3v) is 6.05. The highest BCUT2D eigenvalue weighted by molar-refractivity contribution is 5.52. The lowest BCUT2D eigenvalue weighted by molar-refractivity contribution is 0.158. The van der Waals surface area contributed by atoms with Gasteiger partial charge in [-0.2, -0.15) is 0 Å². The molecule has 2 aliphatic heterocycles. The Hall–Kier alpha value is -2.01. The summed E-state index contributed by atoms with van der Waals surface area (Å²) < 4.78 is 41.8. The minimum absolute atomic E-state index is 0.0810. The maximum absolute atomic E-state index is 14.0. The van der Waals surface area contributed by atoms with Crippen LogP contribution in [0, 0.1) is 23.4 Å². The molecule has 2 aromatic rings. The molecule has 2 heterocycles. The van der Waals surface area contributed by atoms with Gasteiger partial charge in [0, 0.05) is 42.5 Å². The lowest BCUT2D eigenvalue weighted by Crippen LogP contribution is -2.48. The summed E-state index contributed by atoms with van der Waals surface area (Å²) in [5, 5.41) is 0. The van der Waals surface area contributed by atoms with Crippen LogP contribution in [0.5, 0.6) is 0 Å². The van der Waals surface area contributed by atoms with Crippen molar-refractivity contribution in [3.8, 4) is 0 Å². The second kappa shape index (κ2) is 6.86. The first kappa shape index (κ1) is 18.4. The number of nitrogens with zero attached hydrogens (tertiary/aromatic N) is 2. The van der Waals surface area contributed by atoms with Crippen LogP contribution in [0.25, 0.3) is 0 Å². The minimum Gasteiger partial charge on any atom is -0.363 e. The van der Waals surface area contributed by atoms with E-state index in [-0.39, 0.29) is 16.9 Å². The Balaban J connectivity index is 1.53. The summed E-state index contributed by atoms with van der Waals surface area (Å²) in [6.07, 6.45) is 1.88. The molecule has 27 heavy (non-hydrogen) atoms. The third-order valence-electron chi connectivity index (χ3n) is 6.05. The zero-order chi connectivity index (χ0) is 19.2. The maximum atomic E-state index is 14.0. The molecule has 0 radical (unpaired) electrons. The third kappa shape index (κ3) is 3.45. The van der Waals surface area contributed by atoms with Crippen LogP contribution in [0.3, 0.4) is 0 Å². The summed E-state index contributed by atoms with van der Waals surface area (Å²) in [6, 6.07) is 11.1. The second-order valence-corrected chi connectivity index (χ2v) is 8.42. The van der Waals surface area contributed by atoms with E-state index in [0.717, 1.165) is 31.6 Å². The molecular formula is C22H25F3N2. The summed E-state index contributed by atoms with van der Waals surface area (Å²) in [5.74, 6) is -0.790. The molecule has 2 saturated heterocycles. The first-order valence-electron chi connectivity index (χ1n) is 9.55. The van der Waals surface area contributed by atoms with Gasteiger partial charge in [-0.25, -0.2) is 13.2 Å². The van der Waals surface area contributed by atoms with Gasteiger partial charge in [-0.1, -0.05) is 12.1 Å². The van der Waals surface area contributed by atoms with E-state index in [2.05, 4.69) is 23.6 Å². The molecule has 2 aromatic carbocycles. The number of fused-ring (bicyclic) bond motifs is 1. The van der Waals surface area contributed by atoms with E-state index in [4.69, 9.17) is 0 Å². The zero-order valence-electron chi connectivity index (χ0n) is 15.8. The molecule has 0 spiro atoms. The highest BCUT2D eigenvalue weighted by Crippen LogP contribution is 2.44. The Bertz CT molecular complexity index is 816. The molecular weight excluding hydrogens is 349 g/mol. The van der Waals surface area contributed by atoms with Crippen LogP contribution in [0.2, 0.25) is 0 Å². The van der Waals surface area contributed by atoms with E-state index < -0.39 is 11.6 Å². The van der Waals surface area contributed by atoms with Gasteiger partial charge in [0.1, 0.15) is 17.5 Å². The standard InChI is InChI=1S/C22H25F3N2/c1-22(2)12-15-13-26(14-18-19(24)7-4-8-20(18)25)10-9-21(15)27(22)17-6-3-5-16(23)11-17/h3-8,11,15,21H,9-10,12-14H2,1-2H3/t15-,21+/m1/s1. The number of benzene rings is 2. The van der Waals surface area contributed by atoms with E-state index in [1.807, 2.05) is 6.07 Å². The van der Waals surface area contributed by atoms with Crippen LogP contribution in [-0.2, 0) is 6.54 Å². The molecule has 0 unspecified atom stereocenters. The number of halogens is 3. The molecule has 0 bridgehead atoms. The Kier molecular flexibility index (Phi) is 4.66. The second-order valence-electron chi connectivity index (χ2n) is 8.42. The summed E-state index contributed by atoms with van der Waals surface area (Å²) in [4.78, 5) is 4.50. The van der Waals surface area contributed by atoms with Gasteiger partial charge in [0.25, 0.3) is 0 Å². The number of rotatable bonds is 3. The largest absolute Gasteiger partial charge is 0.363 e. The van der Waals surface area contributed by atoms with Crippen molar-refractivity contribution < 1.29 is 13.2 Å². The topological polar surface area (TPSA) is 6.48 Å². The Morgan fingerprint density at radius 3 is 2.44 bits per heavy atom. The van der Waals surface area contributed by atoms with E-state index in [9.17, 15) is 13.2 Å². The molecule has 2 nitrogen and oxygen atoms in total. The van der Waals surface area contributed by atoms with Gasteiger partial charge in [-0.3, -0.25) is 4.90 Å². The molecule has 0 aliphatic carbocycles. The number of likely N-dealkylation sites (tertiary alicyclic amines) is 1. The highest BCUT2D eigenvalue weighted by atomic mass is 19.1. The molecule has 0 N–H and O–H groups in total. The maximum Gasteiger partial charge on any atom is 0.130 e. The number of hydrogen-bond acceptors (Lipinski definition) is 2. The predicted molar refractivity (Wildman–Crippen MR) is 101 cm³/mol. The van der Waals surface area contributed by atoms with Crippen molar-refractivity contribution in [1.82, 2.24) is 4.90 Å². The highest BCUT2D eigenvalue weighted by Gasteiger charge is 2.48. The van der Waals surface area contributed by atoms with Gasteiger partial charge in [0.05, 0.1) is 0 Å². The van der Waals surface area contributed by atoms with Crippen molar-refractivity contribution in [2.45, 2.75) is 44.8 Å². The average molecular weight is 374 g/mol. The van der Waals surface area contributed by atoms with E-state index in [1.165, 1.54) is 24.3 Å². The minimum atomic E-state index is -0.481. The van der Waals surface area contributed by atoms with Crippen molar-refractivity contribution in [2.75, 3.05) is 18.0 Å². The zero-order valence-corrected chi connectivity index (χ0v) is 15.8. The molecule has 0 aromatic heterocycles. The Morgan fingerprint density at radius 2 is 1.74 bits per heavy atom. The predicted octanol–water partition coefficient (Wildman–Crippen LogP) is 4.98. The van der Waals surface area contributed by atoms with Crippen LogP contribution in [0.1, 0.15) is 32.3 Å². The fraction of sp³-hybridized carbons (Fsp3) is 0.455. The van der Waals surface area contributed by atoms with Crippen LogP contribution < -0.4 is 4.90 Å². The van der Waals surface area contributed by atoms with E-state index in [1.54, 1.807) is 12.1 Å². The van der Waals surface area contributed by atoms with E-state index >= 15 is 0 Å². The van der Waals surface area contributed by atoms with Crippen molar-refractivity contribution in [2.24, 2.45) is 5.92 Å². The lowest BCUT2D eigenvalue weighted by Gasteiger charge is -2.42. The lowest BCUT2D eigenvalue weighted by atomic mass is 9.89. The normalized spacial score (nSPS) is 24.9. The molecule has 5 heteroatoms.